The standard InChI is InChI=1S/C29H37NO5/c1-5-23(31)21-15-20(14-19-10-7-6-8-11-19)16-22-25-17(2)27(34-24(25)12-9-13-30(21)22)28-26(33-4)18(3)29(32)35-28/h6-8,10-12,17,20-23,25,31H,5,9,13-16H2,1-4H3. The predicted octanol–water partition coefficient (Wildman–Crippen LogP) is 4.71. The Bertz CT molecular complexity index is 1060. The number of allylic oxidation sites excluding steroid dienone is 1. The van der Waals surface area contributed by atoms with Crippen LogP contribution in [0.3, 0.4) is 0 Å². The van der Waals surface area contributed by atoms with Crippen molar-refractivity contribution in [1.29, 1.82) is 0 Å². The van der Waals surface area contributed by atoms with Crippen LogP contribution in [0.25, 0.3) is 0 Å². The quantitative estimate of drug-likeness (QED) is 0.617. The van der Waals surface area contributed by atoms with E-state index >= 15 is 0 Å². The number of hydrogen-bond acceptors (Lipinski definition) is 6. The lowest BCUT2D eigenvalue weighted by Crippen LogP contribution is -2.56. The van der Waals surface area contributed by atoms with Gasteiger partial charge in [-0.2, -0.15) is 0 Å². The van der Waals surface area contributed by atoms with Gasteiger partial charge in [0.05, 0.1) is 18.8 Å². The van der Waals surface area contributed by atoms with E-state index in [0.29, 0.717) is 28.8 Å². The summed E-state index contributed by atoms with van der Waals surface area (Å²) in [7, 11) is 1.56. The molecule has 1 aromatic rings. The molecule has 4 aliphatic heterocycles. The van der Waals surface area contributed by atoms with Gasteiger partial charge in [-0.1, -0.05) is 44.2 Å². The van der Waals surface area contributed by atoms with Crippen LogP contribution in [0, 0.1) is 17.8 Å². The van der Waals surface area contributed by atoms with E-state index in [1.54, 1.807) is 14.0 Å². The van der Waals surface area contributed by atoms with Crippen molar-refractivity contribution in [2.45, 2.75) is 71.1 Å². The minimum atomic E-state index is -0.380. The minimum absolute atomic E-state index is 0.0283. The number of aliphatic hydroxyl groups excluding tert-OH is 1. The third-order valence-electron chi connectivity index (χ3n) is 8.36. The number of cyclic esters (lactones) is 1. The molecule has 0 bridgehead atoms. The van der Waals surface area contributed by atoms with Crippen molar-refractivity contribution in [2.75, 3.05) is 13.7 Å². The first-order chi connectivity index (χ1) is 16.9. The summed E-state index contributed by atoms with van der Waals surface area (Å²) < 4.78 is 17.6. The summed E-state index contributed by atoms with van der Waals surface area (Å²) in [5, 5.41) is 11.1. The lowest BCUT2D eigenvalue weighted by atomic mass is 9.74. The molecule has 1 N–H and O–H groups in total. The van der Waals surface area contributed by atoms with E-state index in [4.69, 9.17) is 14.2 Å². The topological polar surface area (TPSA) is 68.2 Å². The molecule has 0 aliphatic carbocycles. The van der Waals surface area contributed by atoms with Crippen molar-refractivity contribution in [3.8, 4) is 0 Å². The number of fused-ring (bicyclic) bond motifs is 3. The highest BCUT2D eigenvalue weighted by Crippen LogP contribution is 2.50. The number of hydrogen-bond donors (Lipinski definition) is 1. The molecule has 6 unspecified atom stereocenters. The molecule has 0 saturated carbocycles. The van der Waals surface area contributed by atoms with E-state index in [1.807, 2.05) is 0 Å². The molecular formula is C29H37NO5. The van der Waals surface area contributed by atoms with Gasteiger partial charge >= 0.3 is 5.97 Å². The molecular weight excluding hydrogens is 442 g/mol. The first kappa shape index (κ1) is 24.1. The lowest BCUT2D eigenvalue weighted by molar-refractivity contribution is -0.133. The van der Waals surface area contributed by atoms with E-state index in [9.17, 15) is 9.90 Å². The van der Waals surface area contributed by atoms with Crippen molar-refractivity contribution in [3.05, 3.63) is 70.6 Å². The third-order valence-corrected chi connectivity index (χ3v) is 8.36. The van der Waals surface area contributed by atoms with Crippen molar-refractivity contribution < 1.29 is 24.1 Å². The molecule has 0 radical (unpaired) electrons. The Balaban J connectivity index is 1.49. The van der Waals surface area contributed by atoms with Crippen LogP contribution in [0.5, 0.6) is 0 Å². The number of nitrogens with zero attached hydrogens (tertiary/aromatic N) is 1. The van der Waals surface area contributed by atoms with Gasteiger partial charge in [-0.25, -0.2) is 4.79 Å². The Hall–Kier alpha value is -2.57. The van der Waals surface area contributed by atoms with Crippen LogP contribution >= 0.6 is 0 Å². The van der Waals surface area contributed by atoms with Crippen LogP contribution in [-0.4, -0.2) is 47.8 Å². The number of piperidine rings is 1. The highest BCUT2D eigenvalue weighted by atomic mass is 16.6. The molecule has 2 fully saturated rings. The SMILES string of the molecule is CCC(O)C1CC(Cc2ccccc2)CC2C3C(=CCCN12)OC(=C1OC(=O)C(C)=C1OC)C3C. The Kier molecular flexibility index (Phi) is 6.78. The second-order valence-corrected chi connectivity index (χ2v) is 10.4. The smallest absolute Gasteiger partial charge is 0.343 e. The summed E-state index contributed by atoms with van der Waals surface area (Å²) in [6, 6.07) is 11.1. The lowest BCUT2D eigenvalue weighted by Gasteiger charge is -2.49. The largest absolute Gasteiger partial charge is 0.492 e. The molecule has 0 spiro atoms. The number of ether oxygens (including phenoxy) is 3. The zero-order chi connectivity index (χ0) is 24.7. The highest BCUT2D eigenvalue weighted by Gasteiger charge is 2.51. The molecule has 1 aromatic carbocycles. The van der Waals surface area contributed by atoms with Crippen LogP contribution in [-0.2, 0) is 25.4 Å². The Labute approximate surface area is 208 Å². The van der Waals surface area contributed by atoms with Gasteiger partial charge in [0.1, 0.15) is 5.76 Å². The Morgan fingerprint density at radius 3 is 2.69 bits per heavy atom. The van der Waals surface area contributed by atoms with Crippen LogP contribution < -0.4 is 0 Å². The summed E-state index contributed by atoms with van der Waals surface area (Å²) in [5.74, 6) is 2.81. The molecule has 188 valence electrons. The predicted molar refractivity (Wildman–Crippen MR) is 133 cm³/mol. The van der Waals surface area contributed by atoms with Gasteiger partial charge in [-0.15, -0.1) is 0 Å². The summed E-state index contributed by atoms with van der Waals surface area (Å²) >= 11 is 0. The van der Waals surface area contributed by atoms with Gasteiger partial charge < -0.3 is 19.3 Å². The maximum Gasteiger partial charge on any atom is 0.343 e. The Morgan fingerprint density at radius 1 is 1.20 bits per heavy atom. The summed E-state index contributed by atoms with van der Waals surface area (Å²) in [6.45, 7) is 6.88. The van der Waals surface area contributed by atoms with Gasteiger partial charge in [0.15, 0.2) is 11.5 Å². The van der Waals surface area contributed by atoms with Crippen LogP contribution in [0.4, 0.5) is 0 Å². The van der Waals surface area contributed by atoms with Crippen molar-refractivity contribution >= 4 is 5.97 Å². The van der Waals surface area contributed by atoms with E-state index < -0.39 is 0 Å². The molecule has 35 heavy (non-hydrogen) atoms. The number of aliphatic hydroxyl groups is 1. The molecule has 5 rings (SSSR count). The number of benzene rings is 1. The molecule has 6 heteroatoms. The number of carbonyl (C=O) groups excluding carboxylic acids is 1. The average molecular weight is 480 g/mol. The van der Waals surface area contributed by atoms with Gasteiger partial charge in [0.25, 0.3) is 0 Å². The van der Waals surface area contributed by atoms with Crippen LogP contribution in [0.2, 0.25) is 0 Å². The maximum atomic E-state index is 12.3. The fourth-order valence-electron chi connectivity index (χ4n) is 6.64. The molecule has 6 nitrogen and oxygen atoms in total. The van der Waals surface area contributed by atoms with Gasteiger partial charge in [0.2, 0.25) is 5.76 Å². The average Bonchev–Trinajstić information content (AvgIpc) is 3.26. The summed E-state index contributed by atoms with van der Waals surface area (Å²) in [5.41, 5.74) is 1.82. The van der Waals surface area contributed by atoms with E-state index in [1.165, 1.54) is 5.56 Å². The zero-order valence-corrected chi connectivity index (χ0v) is 21.2. The zero-order valence-electron chi connectivity index (χ0n) is 21.2. The Morgan fingerprint density at radius 2 is 1.97 bits per heavy atom. The first-order valence-corrected chi connectivity index (χ1v) is 13.0. The molecule has 4 aliphatic rings. The van der Waals surface area contributed by atoms with Crippen LogP contribution in [0.1, 0.15) is 52.0 Å². The molecule has 6 atom stereocenters. The number of carbonyl (C=O) groups is 1. The number of esters is 1. The third kappa shape index (κ3) is 4.31. The number of rotatable bonds is 5. The first-order valence-electron chi connectivity index (χ1n) is 13.0. The van der Waals surface area contributed by atoms with Gasteiger partial charge in [-0.3, -0.25) is 4.90 Å². The monoisotopic (exact) mass is 479 g/mol. The van der Waals surface area contributed by atoms with Crippen LogP contribution in [0.15, 0.2) is 65.0 Å². The van der Waals surface area contributed by atoms with E-state index in [2.05, 4.69) is 55.2 Å². The highest BCUT2D eigenvalue weighted by molar-refractivity contribution is 5.93. The summed E-state index contributed by atoms with van der Waals surface area (Å²) in [4.78, 5) is 14.8. The van der Waals surface area contributed by atoms with Gasteiger partial charge in [-0.05, 0) is 56.6 Å². The van der Waals surface area contributed by atoms with E-state index in [-0.39, 0.29) is 36.0 Å². The molecule has 0 amide bonds. The fourth-order valence-corrected chi connectivity index (χ4v) is 6.64. The van der Waals surface area contributed by atoms with E-state index in [0.717, 1.165) is 44.4 Å². The van der Waals surface area contributed by atoms with Crippen molar-refractivity contribution in [3.63, 3.8) is 0 Å². The van der Waals surface area contributed by atoms with Crippen molar-refractivity contribution in [2.24, 2.45) is 17.8 Å². The molecule has 0 aromatic heterocycles. The number of methoxy groups -OCH3 is 1. The minimum Gasteiger partial charge on any atom is -0.492 e. The fraction of sp³-hybridized carbons (Fsp3) is 0.552. The second-order valence-electron chi connectivity index (χ2n) is 10.4. The maximum absolute atomic E-state index is 12.3. The summed E-state index contributed by atoms with van der Waals surface area (Å²) in [6.07, 6.45) is 6.53. The van der Waals surface area contributed by atoms with Gasteiger partial charge in [0, 0.05) is 30.5 Å². The normalized spacial score (nSPS) is 33.9. The molecule has 2 saturated heterocycles. The second kappa shape index (κ2) is 9.82. The van der Waals surface area contributed by atoms with Crippen molar-refractivity contribution in [1.82, 2.24) is 4.90 Å². The molecule has 4 heterocycles.